The van der Waals surface area contributed by atoms with E-state index in [1.54, 1.807) is 18.2 Å². The molecule has 0 amide bonds. The van der Waals surface area contributed by atoms with Crippen molar-refractivity contribution in [3.05, 3.63) is 80.4 Å². The Morgan fingerprint density at radius 2 is 2.00 bits per heavy atom. The molecule has 1 aromatic carbocycles. The van der Waals surface area contributed by atoms with Crippen LogP contribution in [-0.2, 0) is 6.54 Å². The van der Waals surface area contributed by atoms with E-state index in [1.807, 2.05) is 11.0 Å². The number of thiophene rings is 1. The zero-order chi connectivity index (χ0) is 20.4. The molecule has 0 radical (unpaired) electrons. The van der Waals surface area contributed by atoms with Crippen LogP contribution in [0.1, 0.15) is 33.5 Å². The van der Waals surface area contributed by atoms with Crippen molar-refractivity contribution in [1.82, 2.24) is 14.5 Å². The molecule has 3 heterocycles. The van der Waals surface area contributed by atoms with Crippen LogP contribution in [0.3, 0.4) is 0 Å². The predicted molar refractivity (Wildman–Crippen MR) is 111 cm³/mol. The van der Waals surface area contributed by atoms with Gasteiger partial charge < -0.3 is 4.90 Å². The van der Waals surface area contributed by atoms with Crippen LogP contribution in [0, 0.1) is 5.82 Å². The van der Waals surface area contributed by atoms with E-state index in [4.69, 9.17) is 0 Å². The average Bonchev–Trinajstić information content (AvgIpc) is 3.19. The van der Waals surface area contributed by atoms with Gasteiger partial charge in [-0.2, -0.15) is 4.98 Å². The summed E-state index contributed by atoms with van der Waals surface area (Å²) in [7, 11) is 0. The van der Waals surface area contributed by atoms with E-state index >= 15 is 0 Å². The smallest absolute Gasteiger partial charge is 0.337 e. The van der Waals surface area contributed by atoms with Crippen molar-refractivity contribution < 1.29 is 9.18 Å². The van der Waals surface area contributed by atoms with Crippen molar-refractivity contribution >= 4 is 28.6 Å². The summed E-state index contributed by atoms with van der Waals surface area (Å²) in [5.41, 5.74) is 1.78. The molecule has 8 heteroatoms. The molecule has 3 aromatic rings. The molecule has 0 unspecified atom stereocenters. The van der Waals surface area contributed by atoms with Crippen LogP contribution >= 0.6 is 11.3 Å². The van der Waals surface area contributed by atoms with Crippen LogP contribution in [-0.4, -0.2) is 33.4 Å². The first-order valence-corrected chi connectivity index (χ1v) is 10.0. The van der Waals surface area contributed by atoms with Crippen molar-refractivity contribution in [3.8, 4) is 0 Å². The van der Waals surface area contributed by atoms with E-state index in [1.165, 1.54) is 41.3 Å². The number of aromatic nitrogens is 3. The minimum absolute atomic E-state index is 0.0124. The molecule has 4 rings (SSSR count). The Hall–Kier alpha value is -3.13. The van der Waals surface area contributed by atoms with Gasteiger partial charge in [-0.05, 0) is 48.7 Å². The van der Waals surface area contributed by atoms with Crippen LogP contribution in [0.25, 0.3) is 5.57 Å². The average molecular weight is 410 g/mol. The third-order valence-electron chi connectivity index (χ3n) is 4.80. The molecule has 6 nitrogen and oxygen atoms in total. The lowest BCUT2D eigenvalue weighted by Crippen LogP contribution is -2.33. The quantitative estimate of drug-likeness (QED) is 0.603. The molecule has 1 aliphatic heterocycles. The minimum Gasteiger partial charge on any atom is -0.337 e. The van der Waals surface area contributed by atoms with Gasteiger partial charge in [0.2, 0.25) is 5.95 Å². The minimum atomic E-state index is -0.374. The van der Waals surface area contributed by atoms with Gasteiger partial charge in [0.1, 0.15) is 12.1 Å². The highest BCUT2D eigenvalue weighted by molar-refractivity contribution is 7.14. The number of benzene rings is 1. The number of carbonyl (C=O) groups excluding carboxylic acids is 1. The van der Waals surface area contributed by atoms with Gasteiger partial charge in [0.05, 0.1) is 11.4 Å². The molecular formula is C21H19FN4O2S. The van der Waals surface area contributed by atoms with Gasteiger partial charge in [0.25, 0.3) is 0 Å². The van der Waals surface area contributed by atoms with E-state index in [2.05, 4.69) is 16.0 Å². The van der Waals surface area contributed by atoms with E-state index in [9.17, 15) is 14.0 Å². The number of carbonyl (C=O) groups is 1. The van der Waals surface area contributed by atoms with Crippen LogP contribution in [0.5, 0.6) is 0 Å². The molecule has 0 aliphatic carbocycles. The first-order valence-electron chi connectivity index (χ1n) is 9.22. The zero-order valence-corrected chi connectivity index (χ0v) is 16.7. The summed E-state index contributed by atoms with van der Waals surface area (Å²) in [6.45, 7) is 3.13. The number of nitrogens with zero attached hydrogens (tertiary/aromatic N) is 4. The van der Waals surface area contributed by atoms with Crippen molar-refractivity contribution in [1.29, 1.82) is 0 Å². The van der Waals surface area contributed by atoms with E-state index in [-0.39, 0.29) is 17.3 Å². The summed E-state index contributed by atoms with van der Waals surface area (Å²) >= 11 is 1.37. The zero-order valence-electron chi connectivity index (χ0n) is 15.8. The second kappa shape index (κ2) is 8.08. The summed E-state index contributed by atoms with van der Waals surface area (Å²) in [5.74, 6) is 0.162. The summed E-state index contributed by atoms with van der Waals surface area (Å²) in [4.78, 5) is 35.8. The van der Waals surface area contributed by atoms with E-state index < -0.39 is 0 Å². The summed E-state index contributed by atoms with van der Waals surface area (Å²) < 4.78 is 14.5. The third kappa shape index (κ3) is 4.32. The van der Waals surface area contributed by atoms with Gasteiger partial charge in [-0.15, -0.1) is 11.3 Å². The Morgan fingerprint density at radius 3 is 2.62 bits per heavy atom. The molecule has 29 heavy (non-hydrogen) atoms. The summed E-state index contributed by atoms with van der Waals surface area (Å²) in [6.07, 6.45) is 4.32. The first kappa shape index (κ1) is 19.2. The second-order valence-electron chi connectivity index (χ2n) is 6.82. The monoisotopic (exact) mass is 410 g/mol. The lowest BCUT2D eigenvalue weighted by atomic mass is 10.00. The van der Waals surface area contributed by atoms with Crippen LogP contribution < -0.4 is 10.6 Å². The second-order valence-corrected chi connectivity index (χ2v) is 7.99. The number of hydrogen-bond donors (Lipinski definition) is 0. The van der Waals surface area contributed by atoms with Crippen molar-refractivity contribution in [2.45, 2.75) is 19.9 Å². The van der Waals surface area contributed by atoms with Crippen LogP contribution in [0.2, 0.25) is 0 Å². The fourth-order valence-corrected chi connectivity index (χ4v) is 4.11. The van der Waals surface area contributed by atoms with E-state index in [0.717, 1.165) is 22.4 Å². The van der Waals surface area contributed by atoms with Gasteiger partial charge in [0.15, 0.2) is 5.78 Å². The number of halogens is 1. The highest BCUT2D eigenvalue weighted by Crippen LogP contribution is 2.24. The fraction of sp³-hybridized carbons (Fsp3) is 0.238. The van der Waals surface area contributed by atoms with Gasteiger partial charge in [-0.1, -0.05) is 18.2 Å². The Morgan fingerprint density at radius 1 is 1.21 bits per heavy atom. The SMILES string of the molecule is CC(=O)c1ccc(Cn2cnc(N3CC=C(c4ccc(F)cc4)CC3)nc2=O)s1. The molecule has 0 fully saturated rings. The number of hydrogen-bond acceptors (Lipinski definition) is 6. The molecule has 148 valence electrons. The van der Waals surface area contributed by atoms with Crippen LogP contribution in [0.4, 0.5) is 10.3 Å². The molecule has 0 atom stereocenters. The Labute approximate surface area is 171 Å². The number of rotatable bonds is 5. The molecule has 0 saturated heterocycles. The fourth-order valence-electron chi connectivity index (χ4n) is 3.21. The Bertz CT molecular complexity index is 1130. The lowest BCUT2D eigenvalue weighted by Gasteiger charge is -2.26. The molecule has 0 spiro atoms. The predicted octanol–water partition coefficient (Wildman–Crippen LogP) is 3.38. The largest absolute Gasteiger partial charge is 0.352 e. The number of anilines is 1. The van der Waals surface area contributed by atoms with Gasteiger partial charge in [-0.25, -0.2) is 14.2 Å². The van der Waals surface area contributed by atoms with Gasteiger partial charge >= 0.3 is 5.69 Å². The first-order chi connectivity index (χ1) is 14.0. The van der Waals surface area contributed by atoms with Crippen molar-refractivity contribution in [2.75, 3.05) is 18.0 Å². The maximum atomic E-state index is 13.1. The Kier molecular flexibility index (Phi) is 5.35. The number of ketones is 1. The van der Waals surface area contributed by atoms with Crippen LogP contribution in [0.15, 0.2) is 53.6 Å². The van der Waals surface area contributed by atoms with Crippen molar-refractivity contribution in [3.63, 3.8) is 0 Å². The van der Waals surface area contributed by atoms with Gasteiger partial charge in [-0.3, -0.25) is 9.36 Å². The maximum Gasteiger partial charge on any atom is 0.352 e. The normalized spacial score (nSPS) is 14.0. The summed E-state index contributed by atoms with van der Waals surface area (Å²) in [6, 6.07) is 10.1. The molecule has 1 aliphatic rings. The molecule has 2 aromatic heterocycles. The maximum absolute atomic E-state index is 13.1. The van der Waals surface area contributed by atoms with Crippen molar-refractivity contribution in [2.24, 2.45) is 0 Å². The molecule has 0 saturated carbocycles. The van der Waals surface area contributed by atoms with Gasteiger partial charge in [0, 0.05) is 18.0 Å². The lowest BCUT2D eigenvalue weighted by molar-refractivity contribution is 0.102. The topological polar surface area (TPSA) is 68.1 Å². The standard InChI is InChI=1S/C21H19FN4O2S/c1-14(27)19-7-6-18(29-19)12-26-13-23-20(24-21(26)28)25-10-8-16(9-11-25)15-2-4-17(22)5-3-15/h2-8,13H,9-12H2,1H3. The Balaban J connectivity index is 1.46. The highest BCUT2D eigenvalue weighted by Gasteiger charge is 2.17. The van der Waals surface area contributed by atoms with E-state index in [0.29, 0.717) is 30.5 Å². The summed E-state index contributed by atoms with van der Waals surface area (Å²) in [5, 5.41) is 0. The highest BCUT2D eigenvalue weighted by atomic mass is 32.1. The molecular weight excluding hydrogens is 391 g/mol. The molecule has 0 N–H and O–H groups in total. The third-order valence-corrected chi connectivity index (χ3v) is 5.97. The molecule has 0 bridgehead atoms. The number of Topliss-reactive ketones (excluding diaryl/α,β-unsaturated/α-hetero) is 1.